The molecule has 0 aliphatic carbocycles. The molecule has 0 radical (unpaired) electrons. The number of aryl methyl sites for hydroxylation is 2. The van der Waals surface area contributed by atoms with Crippen molar-refractivity contribution in [2.24, 2.45) is 0 Å². The number of piperidine rings is 2. The summed E-state index contributed by atoms with van der Waals surface area (Å²) in [4.78, 5) is 51.6. The molecule has 3 saturated heterocycles. The minimum absolute atomic E-state index is 0.0161. The number of rotatable bonds is 8. The Morgan fingerprint density at radius 2 is 1.57 bits per heavy atom. The molecule has 47 heavy (non-hydrogen) atoms. The normalized spacial score (nSPS) is 21.3. The van der Waals surface area contributed by atoms with Crippen LogP contribution in [0, 0.1) is 0 Å². The number of piperazine rings is 1. The summed E-state index contributed by atoms with van der Waals surface area (Å²) in [6, 6.07) is 6.36. The van der Waals surface area contributed by atoms with Crippen LogP contribution in [-0.4, -0.2) is 127 Å². The molecular weight excluding hydrogens is 611 g/mol. The molecule has 5 amide bonds. The molecule has 1 aromatic heterocycles. The van der Waals surface area contributed by atoms with Gasteiger partial charge >= 0.3 is 12.1 Å². The first kappa shape index (κ1) is 33.7. The van der Waals surface area contributed by atoms with Crippen LogP contribution < -0.4 is 10.6 Å². The molecule has 10 nitrogen and oxygen atoms in total. The first-order valence-corrected chi connectivity index (χ1v) is 18.8. The molecule has 2 N–H and O–H groups in total. The average molecular weight is 664 g/mol. The highest BCUT2D eigenvalue weighted by atomic mass is 32.1. The number of nitrogens with zero attached hydrogens (tertiary/aromatic N) is 5. The predicted octanol–water partition coefficient (Wildman–Crippen LogP) is 4.29. The third kappa shape index (κ3) is 7.95. The summed E-state index contributed by atoms with van der Waals surface area (Å²) in [5.74, 6) is 0.0161. The zero-order chi connectivity index (χ0) is 32.9. The number of hydrogen-bond acceptors (Lipinski definition) is 6. The van der Waals surface area contributed by atoms with Crippen molar-refractivity contribution in [1.29, 1.82) is 0 Å². The van der Waals surface area contributed by atoms with Crippen molar-refractivity contribution in [1.82, 2.24) is 29.8 Å². The van der Waals surface area contributed by atoms with Gasteiger partial charge in [-0.15, -0.1) is 11.3 Å². The van der Waals surface area contributed by atoms with E-state index < -0.39 is 6.04 Å². The van der Waals surface area contributed by atoms with Gasteiger partial charge < -0.3 is 30.2 Å². The predicted molar refractivity (Wildman–Crippen MR) is 188 cm³/mol. The number of carbonyl (C=O) groups excluding carboxylic acids is 3. The van der Waals surface area contributed by atoms with E-state index in [-0.39, 0.29) is 24.0 Å². The van der Waals surface area contributed by atoms with Crippen molar-refractivity contribution in [3.05, 3.63) is 51.2 Å². The number of fused-ring (bicyclic) bond motifs is 1. The zero-order valence-corrected chi connectivity index (χ0v) is 29.3. The van der Waals surface area contributed by atoms with Gasteiger partial charge in [-0.3, -0.25) is 9.69 Å². The zero-order valence-electron chi connectivity index (χ0n) is 28.5. The molecule has 1 aromatic carbocycles. The average Bonchev–Trinajstić information content (AvgIpc) is 3.48. The van der Waals surface area contributed by atoms with Crippen LogP contribution in [-0.2, 0) is 30.5 Å². The molecule has 1 atom stereocenters. The number of carbonyl (C=O) groups is 3. The molecule has 0 spiro atoms. The van der Waals surface area contributed by atoms with Crippen LogP contribution in [0.1, 0.15) is 61.8 Å². The minimum atomic E-state index is -0.623. The van der Waals surface area contributed by atoms with E-state index in [2.05, 4.69) is 64.9 Å². The minimum Gasteiger partial charge on any atom is -0.338 e. The summed E-state index contributed by atoms with van der Waals surface area (Å²) in [7, 11) is 2.19. The molecule has 3 fully saturated rings. The fourth-order valence-electron chi connectivity index (χ4n) is 7.93. The van der Waals surface area contributed by atoms with Crippen LogP contribution in [0.4, 0.5) is 15.3 Å². The summed E-state index contributed by atoms with van der Waals surface area (Å²) < 4.78 is 0. The Hall–Kier alpha value is -3.15. The van der Waals surface area contributed by atoms with Gasteiger partial charge in [0.1, 0.15) is 6.04 Å². The molecule has 11 heteroatoms. The third-order valence-corrected chi connectivity index (χ3v) is 11.8. The van der Waals surface area contributed by atoms with Crippen molar-refractivity contribution < 1.29 is 14.4 Å². The first-order chi connectivity index (χ1) is 22.8. The number of hydrogen-bond donors (Lipinski definition) is 2. The summed E-state index contributed by atoms with van der Waals surface area (Å²) in [6.07, 6.45) is 7.06. The van der Waals surface area contributed by atoms with E-state index in [4.69, 9.17) is 0 Å². The summed E-state index contributed by atoms with van der Waals surface area (Å²) >= 11 is 1.62. The van der Waals surface area contributed by atoms with Crippen molar-refractivity contribution in [3.63, 3.8) is 0 Å². The van der Waals surface area contributed by atoms with Gasteiger partial charge in [0, 0.05) is 69.7 Å². The molecule has 5 heterocycles. The molecule has 0 unspecified atom stereocenters. The van der Waals surface area contributed by atoms with Gasteiger partial charge in [-0.25, -0.2) is 9.59 Å². The lowest BCUT2D eigenvalue weighted by atomic mass is 9.96. The second-order valence-corrected chi connectivity index (χ2v) is 14.6. The van der Waals surface area contributed by atoms with E-state index in [1.807, 2.05) is 20.1 Å². The van der Waals surface area contributed by atoms with Gasteiger partial charge in [0.25, 0.3) is 0 Å². The lowest BCUT2D eigenvalue weighted by Gasteiger charge is -2.43. The van der Waals surface area contributed by atoms with Crippen LogP contribution in [0.25, 0.3) is 0 Å². The molecule has 2 aromatic rings. The summed E-state index contributed by atoms with van der Waals surface area (Å²) in [5.41, 5.74) is 5.85. The van der Waals surface area contributed by atoms with Crippen LogP contribution >= 0.6 is 11.3 Å². The van der Waals surface area contributed by atoms with Crippen molar-refractivity contribution in [2.45, 2.75) is 83.3 Å². The Morgan fingerprint density at radius 1 is 0.872 bits per heavy atom. The van der Waals surface area contributed by atoms with E-state index in [1.165, 1.54) is 29.5 Å². The molecule has 6 rings (SSSR count). The van der Waals surface area contributed by atoms with Crippen molar-refractivity contribution >= 4 is 35.0 Å². The molecule has 4 aliphatic rings. The maximum absolute atomic E-state index is 14.1. The molecule has 0 bridgehead atoms. The highest BCUT2D eigenvalue weighted by Gasteiger charge is 2.35. The SMILES string of the molecule is CCc1ccc(C[C@@H](NC(=O)N2CCC(N3CCc4cscc4NC3=O)CC2)C(=O)N2CCN(C3CCN(C)CC3)CC2)cc1CC. The first-order valence-electron chi connectivity index (χ1n) is 17.8. The summed E-state index contributed by atoms with van der Waals surface area (Å²) in [6.45, 7) is 11.6. The Kier molecular flexibility index (Phi) is 11.0. The van der Waals surface area contributed by atoms with Crippen LogP contribution in [0.15, 0.2) is 29.0 Å². The van der Waals surface area contributed by atoms with E-state index in [0.29, 0.717) is 45.2 Å². The van der Waals surface area contributed by atoms with E-state index >= 15 is 0 Å². The molecule has 4 aliphatic heterocycles. The van der Waals surface area contributed by atoms with E-state index in [9.17, 15) is 14.4 Å². The number of anilines is 1. The quantitative estimate of drug-likeness (QED) is 0.440. The Labute approximate surface area is 284 Å². The molecule has 0 saturated carbocycles. The maximum atomic E-state index is 14.1. The number of likely N-dealkylation sites (tertiary alicyclic amines) is 2. The van der Waals surface area contributed by atoms with Crippen LogP contribution in [0.5, 0.6) is 0 Å². The van der Waals surface area contributed by atoms with Gasteiger partial charge in [0.05, 0.1) is 5.69 Å². The lowest BCUT2D eigenvalue weighted by Crippen LogP contribution is -2.59. The number of urea groups is 2. The standard InChI is InChI=1S/C36H53N7O3S/c1-4-27-7-6-26(22-28(27)5-2)23-32(34(44)41-20-18-40(19-21-41)30-9-13-39(3)14-10-30)37-35(45)42-15-11-31(12-16-42)43-17-8-29-24-47-25-33(29)38-36(43)46/h6-7,22,24-25,30-32H,4-5,8-21,23H2,1-3H3,(H,37,45)(H,38,46)/t32-/m1/s1. The number of nitrogens with one attached hydrogen (secondary N) is 2. The van der Waals surface area contributed by atoms with Gasteiger partial charge in [-0.1, -0.05) is 32.0 Å². The third-order valence-electron chi connectivity index (χ3n) is 11.0. The number of amides is 5. The van der Waals surface area contributed by atoms with Crippen LogP contribution in [0.3, 0.4) is 0 Å². The van der Waals surface area contributed by atoms with Gasteiger partial charge in [0.2, 0.25) is 5.91 Å². The highest BCUT2D eigenvalue weighted by Crippen LogP contribution is 2.27. The van der Waals surface area contributed by atoms with Crippen LogP contribution in [0.2, 0.25) is 0 Å². The van der Waals surface area contributed by atoms with E-state index in [0.717, 1.165) is 69.5 Å². The number of thiophene rings is 1. The fourth-order valence-corrected chi connectivity index (χ4v) is 8.75. The van der Waals surface area contributed by atoms with Crippen molar-refractivity contribution in [3.8, 4) is 0 Å². The van der Waals surface area contributed by atoms with Gasteiger partial charge in [0.15, 0.2) is 0 Å². The molecular formula is C36H53N7O3S. The van der Waals surface area contributed by atoms with E-state index in [1.54, 1.807) is 11.3 Å². The van der Waals surface area contributed by atoms with Gasteiger partial charge in [-0.2, -0.15) is 0 Å². The van der Waals surface area contributed by atoms with Gasteiger partial charge in [-0.05, 0) is 92.7 Å². The second kappa shape index (κ2) is 15.4. The Morgan fingerprint density at radius 3 is 2.28 bits per heavy atom. The topological polar surface area (TPSA) is 91.5 Å². The van der Waals surface area contributed by atoms with Crippen molar-refractivity contribution in [2.75, 3.05) is 71.3 Å². The summed E-state index contributed by atoms with van der Waals surface area (Å²) in [5, 5.41) is 10.4. The highest BCUT2D eigenvalue weighted by molar-refractivity contribution is 7.08. The Balaban J connectivity index is 1.08. The number of benzene rings is 1. The maximum Gasteiger partial charge on any atom is 0.322 e. The molecule has 256 valence electrons. The monoisotopic (exact) mass is 663 g/mol. The fraction of sp³-hybridized carbons (Fsp3) is 0.639. The smallest absolute Gasteiger partial charge is 0.322 e. The largest absolute Gasteiger partial charge is 0.338 e. The second-order valence-electron chi connectivity index (χ2n) is 13.8. The Bertz CT molecular complexity index is 1390. The lowest BCUT2D eigenvalue weighted by molar-refractivity contribution is -0.135.